The van der Waals surface area contributed by atoms with Gasteiger partial charge in [-0.25, -0.2) is 17.9 Å². The number of carbonyl (C=O) groups is 1. The molecule has 1 saturated carbocycles. The van der Waals surface area contributed by atoms with Gasteiger partial charge in [0, 0.05) is 11.7 Å². The van der Waals surface area contributed by atoms with Crippen LogP contribution in [0.3, 0.4) is 0 Å². The van der Waals surface area contributed by atoms with Crippen molar-refractivity contribution in [2.75, 3.05) is 18.1 Å². The van der Waals surface area contributed by atoms with Crippen LogP contribution in [0.1, 0.15) is 48.8 Å². The van der Waals surface area contributed by atoms with Gasteiger partial charge in [-0.3, -0.25) is 0 Å². The minimum absolute atomic E-state index is 0.00878. The zero-order valence-corrected chi connectivity index (χ0v) is 12.5. The van der Waals surface area contributed by atoms with Gasteiger partial charge in [-0.1, -0.05) is 12.1 Å². The molecule has 1 aliphatic carbocycles. The molecule has 1 fully saturated rings. The Kier molecular flexibility index (Phi) is 4.42. The normalized spacial score (nSPS) is 15.3. The van der Waals surface area contributed by atoms with E-state index in [1.165, 1.54) is 4.68 Å². The Hall–Kier alpha value is -1.44. The molecule has 0 atom stereocenters. The summed E-state index contributed by atoms with van der Waals surface area (Å²) in [7, 11) is -3.07. The van der Waals surface area contributed by atoms with Gasteiger partial charge in [0.1, 0.15) is 0 Å². The van der Waals surface area contributed by atoms with Gasteiger partial charge in [0.2, 0.25) is 0 Å². The van der Waals surface area contributed by atoms with Gasteiger partial charge >= 0.3 is 5.97 Å². The molecular weight excluding hydrogens is 282 g/mol. The second-order valence-corrected chi connectivity index (χ2v) is 7.25. The second kappa shape index (κ2) is 5.90. The van der Waals surface area contributed by atoms with E-state index in [0.717, 1.165) is 18.5 Å². The first-order valence-corrected chi connectivity index (χ1v) is 8.61. The lowest BCUT2D eigenvalue weighted by atomic mass is 10.2. The van der Waals surface area contributed by atoms with Crippen molar-refractivity contribution in [3.05, 3.63) is 11.4 Å². The minimum Gasteiger partial charge on any atom is -0.461 e. The van der Waals surface area contributed by atoms with Crippen LogP contribution in [0, 0.1) is 0 Å². The van der Waals surface area contributed by atoms with Crippen molar-refractivity contribution in [3.63, 3.8) is 0 Å². The van der Waals surface area contributed by atoms with Gasteiger partial charge in [0.15, 0.2) is 15.5 Å². The molecule has 2 rings (SSSR count). The van der Waals surface area contributed by atoms with E-state index in [-0.39, 0.29) is 36.3 Å². The highest BCUT2D eigenvalue weighted by atomic mass is 32.2. The molecule has 0 aromatic carbocycles. The fraction of sp³-hybridized carbons (Fsp3) is 0.750. The molecule has 8 heteroatoms. The van der Waals surface area contributed by atoms with Crippen LogP contribution >= 0.6 is 0 Å². The van der Waals surface area contributed by atoms with Gasteiger partial charge in [-0.2, -0.15) is 0 Å². The lowest BCUT2D eigenvalue weighted by molar-refractivity contribution is 0.0518. The van der Waals surface area contributed by atoms with E-state index in [2.05, 4.69) is 10.3 Å². The molecule has 112 valence electrons. The van der Waals surface area contributed by atoms with Gasteiger partial charge in [0.25, 0.3) is 0 Å². The summed E-state index contributed by atoms with van der Waals surface area (Å²) in [4.78, 5) is 11.8. The molecule has 1 aromatic rings. The van der Waals surface area contributed by atoms with Crippen molar-refractivity contribution >= 4 is 15.8 Å². The molecule has 0 aliphatic heterocycles. The maximum absolute atomic E-state index is 11.8. The minimum atomic E-state index is -3.07. The van der Waals surface area contributed by atoms with Gasteiger partial charge in [-0.05, 0) is 19.8 Å². The highest BCUT2D eigenvalue weighted by Crippen LogP contribution is 2.41. The summed E-state index contributed by atoms with van der Waals surface area (Å²) in [5, 5.41) is 7.79. The quantitative estimate of drug-likeness (QED) is 0.691. The predicted octanol–water partition coefficient (Wildman–Crippen LogP) is 0.767. The summed E-state index contributed by atoms with van der Waals surface area (Å²) in [5.41, 5.74) is 0.943. The van der Waals surface area contributed by atoms with Crippen molar-refractivity contribution in [1.29, 1.82) is 0 Å². The molecule has 0 spiro atoms. The summed E-state index contributed by atoms with van der Waals surface area (Å²) >= 11 is 0. The zero-order chi connectivity index (χ0) is 14.8. The van der Waals surface area contributed by atoms with E-state index in [1.807, 2.05) is 0 Å². The van der Waals surface area contributed by atoms with Gasteiger partial charge in [-0.15, -0.1) is 5.10 Å². The molecule has 0 N–H and O–H groups in total. The first kappa shape index (κ1) is 15.0. The van der Waals surface area contributed by atoms with Crippen molar-refractivity contribution in [2.24, 2.45) is 0 Å². The lowest BCUT2D eigenvalue weighted by Crippen LogP contribution is -2.17. The smallest absolute Gasteiger partial charge is 0.360 e. The van der Waals surface area contributed by atoms with E-state index in [9.17, 15) is 13.2 Å². The number of sulfone groups is 1. The van der Waals surface area contributed by atoms with Crippen LogP contribution in [0.2, 0.25) is 0 Å². The summed E-state index contributed by atoms with van der Waals surface area (Å²) < 4.78 is 29.6. The third-order valence-electron chi connectivity index (χ3n) is 3.26. The van der Waals surface area contributed by atoms with Gasteiger partial charge < -0.3 is 4.74 Å². The number of hydrogen-bond donors (Lipinski definition) is 0. The summed E-state index contributed by atoms with van der Waals surface area (Å²) in [5.74, 6) is -0.132. The largest absolute Gasteiger partial charge is 0.461 e. The highest BCUT2D eigenvalue weighted by molar-refractivity contribution is 7.91. The van der Waals surface area contributed by atoms with E-state index in [0.29, 0.717) is 0 Å². The summed E-state index contributed by atoms with van der Waals surface area (Å²) in [6, 6.07) is 0. The molecule has 20 heavy (non-hydrogen) atoms. The summed E-state index contributed by atoms with van der Waals surface area (Å²) in [6.07, 6.45) is 1.95. The third kappa shape index (κ3) is 3.36. The fourth-order valence-corrected chi connectivity index (χ4v) is 2.70. The molecule has 0 bridgehead atoms. The zero-order valence-electron chi connectivity index (χ0n) is 11.7. The van der Waals surface area contributed by atoms with Crippen LogP contribution in [0.5, 0.6) is 0 Å². The molecule has 0 radical (unpaired) electrons. The Bertz CT molecular complexity index is 590. The van der Waals surface area contributed by atoms with Crippen molar-refractivity contribution < 1.29 is 17.9 Å². The molecule has 1 heterocycles. The Morgan fingerprint density at radius 1 is 1.40 bits per heavy atom. The molecule has 7 nitrogen and oxygen atoms in total. The SMILES string of the molecule is CCOC(=O)c1nnn(CCS(=O)(=O)CC)c1C1CC1. The second-order valence-electron chi connectivity index (χ2n) is 4.78. The van der Waals surface area contributed by atoms with Crippen molar-refractivity contribution in [3.8, 4) is 0 Å². The Labute approximate surface area is 118 Å². The Balaban J connectivity index is 2.19. The fourth-order valence-electron chi connectivity index (χ4n) is 1.96. The predicted molar refractivity (Wildman–Crippen MR) is 72.3 cm³/mol. The molecule has 0 saturated heterocycles. The van der Waals surface area contributed by atoms with E-state index in [1.54, 1.807) is 13.8 Å². The average molecular weight is 301 g/mol. The molecule has 0 unspecified atom stereocenters. The van der Waals surface area contributed by atoms with Crippen LogP contribution < -0.4 is 0 Å². The maximum Gasteiger partial charge on any atom is 0.360 e. The van der Waals surface area contributed by atoms with Crippen LogP contribution in [0.15, 0.2) is 0 Å². The average Bonchev–Trinajstić information content (AvgIpc) is 3.16. The number of ether oxygens (including phenoxy) is 1. The monoisotopic (exact) mass is 301 g/mol. The van der Waals surface area contributed by atoms with Crippen LogP contribution in [0.25, 0.3) is 0 Å². The standard InChI is InChI=1S/C12H19N3O4S/c1-3-19-12(16)10-11(9-5-6-9)15(14-13-10)7-8-20(17,18)4-2/h9H,3-8H2,1-2H3. The number of carbonyl (C=O) groups excluding carboxylic acids is 1. The van der Waals surface area contributed by atoms with Crippen molar-refractivity contribution in [2.45, 2.75) is 39.2 Å². The van der Waals surface area contributed by atoms with Crippen LogP contribution in [-0.2, 0) is 21.1 Å². The number of esters is 1. The van der Waals surface area contributed by atoms with E-state index < -0.39 is 15.8 Å². The third-order valence-corrected chi connectivity index (χ3v) is 4.94. The molecular formula is C12H19N3O4S. The number of aromatic nitrogens is 3. The molecule has 1 aliphatic rings. The summed E-state index contributed by atoms with van der Waals surface area (Å²) in [6.45, 7) is 3.85. The first-order valence-electron chi connectivity index (χ1n) is 6.79. The van der Waals surface area contributed by atoms with Crippen molar-refractivity contribution in [1.82, 2.24) is 15.0 Å². The number of rotatable bonds is 7. The van der Waals surface area contributed by atoms with E-state index >= 15 is 0 Å². The Morgan fingerprint density at radius 2 is 2.10 bits per heavy atom. The maximum atomic E-state index is 11.8. The van der Waals surface area contributed by atoms with Crippen LogP contribution in [0.4, 0.5) is 0 Å². The molecule has 0 amide bonds. The topological polar surface area (TPSA) is 91.2 Å². The number of aryl methyl sites for hydroxylation is 1. The Morgan fingerprint density at radius 3 is 2.65 bits per heavy atom. The number of nitrogens with zero attached hydrogens (tertiary/aromatic N) is 3. The lowest BCUT2D eigenvalue weighted by Gasteiger charge is -2.06. The van der Waals surface area contributed by atoms with Crippen LogP contribution in [-0.4, -0.2) is 47.5 Å². The highest BCUT2D eigenvalue weighted by Gasteiger charge is 2.34. The van der Waals surface area contributed by atoms with E-state index in [4.69, 9.17) is 4.74 Å². The first-order chi connectivity index (χ1) is 9.48. The molecule has 1 aromatic heterocycles. The number of hydrogen-bond acceptors (Lipinski definition) is 6. The van der Waals surface area contributed by atoms with Gasteiger partial charge in [0.05, 0.1) is 24.6 Å².